The average Bonchev–Trinajstić information content (AvgIpc) is 3.14. The fourth-order valence-electron chi connectivity index (χ4n) is 2.38. The number of rotatable bonds is 6. The minimum Gasteiger partial charge on any atom is -0.467 e. The highest BCUT2D eigenvalue weighted by molar-refractivity contribution is 5.92. The van der Waals surface area contributed by atoms with E-state index in [1.165, 1.54) is 0 Å². The van der Waals surface area contributed by atoms with Gasteiger partial charge in [-0.2, -0.15) is 0 Å². The van der Waals surface area contributed by atoms with Crippen molar-refractivity contribution in [1.82, 2.24) is 9.88 Å². The zero-order chi connectivity index (χ0) is 16.8. The van der Waals surface area contributed by atoms with Crippen LogP contribution in [0.3, 0.4) is 0 Å². The van der Waals surface area contributed by atoms with Gasteiger partial charge in [0.25, 0.3) is 5.91 Å². The van der Waals surface area contributed by atoms with Crippen LogP contribution in [-0.2, 0) is 13.1 Å². The third-order valence-corrected chi connectivity index (χ3v) is 3.64. The molecule has 24 heavy (non-hydrogen) atoms. The van der Waals surface area contributed by atoms with Crippen molar-refractivity contribution in [3.63, 3.8) is 0 Å². The van der Waals surface area contributed by atoms with Crippen molar-refractivity contribution >= 4 is 11.6 Å². The second-order valence-corrected chi connectivity index (χ2v) is 5.51. The molecule has 1 N–H and O–H groups in total. The summed E-state index contributed by atoms with van der Waals surface area (Å²) in [5.41, 5.74) is 2.33. The van der Waals surface area contributed by atoms with Crippen LogP contribution in [0.25, 0.3) is 0 Å². The van der Waals surface area contributed by atoms with Crippen molar-refractivity contribution in [1.29, 1.82) is 0 Å². The van der Waals surface area contributed by atoms with E-state index in [1.807, 2.05) is 48.5 Å². The number of carbonyl (C=O) groups is 1. The SMILES string of the molecule is CN(Cc1ccccc1)C(=O)c1cc(NCc2ccco2)ccn1. The van der Waals surface area contributed by atoms with Gasteiger partial charge in [-0.05, 0) is 29.8 Å². The predicted molar refractivity (Wildman–Crippen MR) is 92.5 cm³/mol. The molecule has 122 valence electrons. The molecule has 0 saturated carbocycles. The molecule has 1 amide bonds. The van der Waals surface area contributed by atoms with E-state index >= 15 is 0 Å². The van der Waals surface area contributed by atoms with Gasteiger partial charge in [0.1, 0.15) is 11.5 Å². The summed E-state index contributed by atoms with van der Waals surface area (Å²) in [6, 6.07) is 17.2. The Bertz CT molecular complexity index is 785. The number of anilines is 1. The molecule has 2 heterocycles. The van der Waals surface area contributed by atoms with Crippen LogP contribution in [0, 0.1) is 0 Å². The van der Waals surface area contributed by atoms with Gasteiger partial charge < -0.3 is 14.6 Å². The Labute approximate surface area is 140 Å². The Morgan fingerprint density at radius 1 is 1.17 bits per heavy atom. The van der Waals surface area contributed by atoms with Crippen LogP contribution < -0.4 is 5.32 Å². The molecule has 0 unspecified atom stereocenters. The molecule has 5 nitrogen and oxygen atoms in total. The number of nitrogens with one attached hydrogen (secondary N) is 1. The summed E-state index contributed by atoms with van der Waals surface area (Å²) >= 11 is 0. The van der Waals surface area contributed by atoms with Crippen molar-refractivity contribution < 1.29 is 9.21 Å². The van der Waals surface area contributed by atoms with Crippen molar-refractivity contribution in [2.24, 2.45) is 0 Å². The lowest BCUT2D eigenvalue weighted by molar-refractivity contribution is 0.0779. The lowest BCUT2D eigenvalue weighted by Gasteiger charge is -2.17. The molecule has 5 heteroatoms. The Morgan fingerprint density at radius 2 is 2.00 bits per heavy atom. The first-order valence-corrected chi connectivity index (χ1v) is 7.74. The van der Waals surface area contributed by atoms with Crippen molar-refractivity contribution in [3.8, 4) is 0 Å². The predicted octanol–water partition coefficient (Wildman–Crippen LogP) is 3.56. The summed E-state index contributed by atoms with van der Waals surface area (Å²) in [4.78, 5) is 18.4. The Balaban J connectivity index is 1.65. The van der Waals surface area contributed by atoms with Crippen LogP contribution in [0.5, 0.6) is 0 Å². The van der Waals surface area contributed by atoms with Crippen LogP contribution in [0.1, 0.15) is 21.8 Å². The Morgan fingerprint density at radius 3 is 2.75 bits per heavy atom. The number of pyridine rings is 1. The number of carbonyl (C=O) groups excluding carboxylic acids is 1. The second kappa shape index (κ2) is 7.46. The van der Waals surface area contributed by atoms with Gasteiger partial charge in [-0.15, -0.1) is 0 Å². The molecule has 3 rings (SSSR count). The van der Waals surface area contributed by atoms with E-state index in [2.05, 4.69) is 10.3 Å². The summed E-state index contributed by atoms with van der Waals surface area (Å²) in [7, 11) is 1.78. The van der Waals surface area contributed by atoms with E-state index < -0.39 is 0 Å². The molecule has 0 radical (unpaired) electrons. The topological polar surface area (TPSA) is 58.4 Å². The minimum absolute atomic E-state index is 0.111. The van der Waals surface area contributed by atoms with Crippen molar-refractivity contribution in [3.05, 3.63) is 84.1 Å². The van der Waals surface area contributed by atoms with Gasteiger partial charge in [-0.25, -0.2) is 0 Å². The second-order valence-electron chi connectivity index (χ2n) is 5.51. The molecule has 0 aliphatic rings. The van der Waals surface area contributed by atoms with E-state index in [9.17, 15) is 4.79 Å². The van der Waals surface area contributed by atoms with Crippen molar-refractivity contribution in [2.45, 2.75) is 13.1 Å². The molecular weight excluding hydrogens is 302 g/mol. The first kappa shape index (κ1) is 15.8. The summed E-state index contributed by atoms with van der Waals surface area (Å²) in [5, 5.41) is 3.23. The fourth-order valence-corrected chi connectivity index (χ4v) is 2.38. The maximum atomic E-state index is 12.6. The molecule has 0 atom stereocenters. The molecule has 0 aliphatic carbocycles. The van der Waals surface area contributed by atoms with Gasteiger partial charge in [0.2, 0.25) is 0 Å². The summed E-state index contributed by atoms with van der Waals surface area (Å²) in [6.07, 6.45) is 3.27. The third-order valence-electron chi connectivity index (χ3n) is 3.64. The number of nitrogens with zero attached hydrogens (tertiary/aromatic N) is 2. The molecule has 0 saturated heterocycles. The van der Waals surface area contributed by atoms with Gasteiger partial charge in [0.05, 0.1) is 12.8 Å². The van der Waals surface area contributed by atoms with E-state index in [0.717, 1.165) is 17.0 Å². The van der Waals surface area contributed by atoms with E-state index in [4.69, 9.17) is 4.42 Å². The average molecular weight is 321 g/mol. The highest BCUT2D eigenvalue weighted by Crippen LogP contribution is 2.13. The Kier molecular flexibility index (Phi) is 4.91. The van der Waals surface area contributed by atoms with Crippen LogP contribution >= 0.6 is 0 Å². The zero-order valence-electron chi connectivity index (χ0n) is 13.5. The van der Waals surface area contributed by atoms with E-state index in [1.54, 1.807) is 30.5 Å². The Hall–Kier alpha value is -3.08. The normalized spacial score (nSPS) is 10.4. The summed E-state index contributed by atoms with van der Waals surface area (Å²) in [6.45, 7) is 1.11. The number of hydrogen-bond donors (Lipinski definition) is 1. The number of amides is 1. The van der Waals surface area contributed by atoms with Crippen LogP contribution in [0.2, 0.25) is 0 Å². The van der Waals surface area contributed by atoms with Gasteiger partial charge in [-0.3, -0.25) is 9.78 Å². The highest BCUT2D eigenvalue weighted by Gasteiger charge is 2.14. The smallest absolute Gasteiger partial charge is 0.272 e. The molecule has 0 fully saturated rings. The standard InChI is InChI=1S/C19H19N3O2/c1-22(14-15-6-3-2-4-7-15)19(23)18-12-16(9-10-20-18)21-13-17-8-5-11-24-17/h2-12H,13-14H2,1H3,(H,20,21). The fraction of sp³-hybridized carbons (Fsp3) is 0.158. The lowest BCUT2D eigenvalue weighted by Crippen LogP contribution is -2.27. The minimum atomic E-state index is -0.111. The van der Waals surface area contributed by atoms with Crippen LogP contribution in [0.15, 0.2) is 71.5 Å². The lowest BCUT2D eigenvalue weighted by atomic mass is 10.2. The first-order chi connectivity index (χ1) is 11.7. The molecule has 0 spiro atoms. The van der Waals surface area contributed by atoms with Gasteiger partial charge in [0.15, 0.2) is 0 Å². The van der Waals surface area contributed by atoms with E-state index in [0.29, 0.717) is 18.8 Å². The molecule has 3 aromatic rings. The third kappa shape index (κ3) is 4.01. The number of hydrogen-bond acceptors (Lipinski definition) is 4. The maximum Gasteiger partial charge on any atom is 0.272 e. The highest BCUT2D eigenvalue weighted by atomic mass is 16.3. The summed E-state index contributed by atoms with van der Waals surface area (Å²) < 4.78 is 5.28. The maximum absolute atomic E-state index is 12.6. The van der Waals surface area contributed by atoms with Gasteiger partial charge in [-0.1, -0.05) is 30.3 Å². The number of furan rings is 1. The zero-order valence-corrected chi connectivity index (χ0v) is 13.5. The molecule has 0 bridgehead atoms. The van der Waals surface area contributed by atoms with E-state index in [-0.39, 0.29) is 5.91 Å². The van der Waals surface area contributed by atoms with Crippen LogP contribution in [-0.4, -0.2) is 22.8 Å². The molecule has 2 aromatic heterocycles. The number of benzene rings is 1. The van der Waals surface area contributed by atoms with Gasteiger partial charge >= 0.3 is 0 Å². The monoisotopic (exact) mass is 321 g/mol. The van der Waals surface area contributed by atoms with Crippen molar-refractivity contribution in [2.75, 3.05) is 12.4 Å². The quantitative estimate of drug-likeness (QED) is 0.754. The first-order valence-electron chi connectivity index (χ1n) is 7.74. The number of aromatic nitrogens is 1. The largest absolute Gasteiger partial charge is 0.467 e. The van der Waals surface area contributed by atoms with Gasteiger partial charge in [0, 0.05) is 25.5 Å². The summed E-state index contributed by atoms with van der Waals surface area (Å²) in [5.74, 6) is 0.724. The van der Waals surface area contributed by atoms with Crippen LogP contribution in [0.4, 0.5) is 5.69 Å². The molecule has 0 aliphatic heterocycles. The molecular formula is C19H19N3O2. The molecule has 1 aromatic carbocycles.